The van der Waals surface area contributed by atoms with Crippen LogP contribution in [0.15, 0.2) is 17.8 Å². The number of hydrogen-bond acceptors (Lipinski definition) is 7. The number of carbonyl (C=O) groups excluding carboxylic acids is 2. The van der Waals surface area contributed by atoms with E-state index < -0.39 is 5.97 Å². The molecular formula is C21H28N4O3S2. The number of thioether (sulfide) groups is 1. The highest BCUT2D eigenvalue weighted by atomic mass is 32.2. The molecule has 0 radical (unpaired) electrons. The van der Waals surface area contributed by atoms with Gasteiger partial charge in [0.2, 0.25) is 5.91 Å². The molecule has 9 heteroatoms. The zero-order chi connectivity index (χ0) is 21.7. The first-order valence-corrected chi connectivity index (χ1v) is 12.0. The Morgan fingerprint density at radius 1 is 1.37 bits per heavy atom. The van der Waals surface area contributed by atoms with E-state index in [2.05, 4.69) is 26.7 Å². The lowest BCUT2D eigenvalue weighted by atomic mass is 10.1. The van der Waals surface area contributed by atoms with Crippen LogP contribution in [0.4, 0.5) is 5.00 Å². The summed E-state index contributed by atoms with van der Waals surface area (Å²) in [7, 11) is 1.35. The first kappa shape index (κ1) is 22.6. The third-order valence-electron chi connectivity index (χ3n) is 5.31. The number of rotatable bonds is 9. The van der Waals surface area contributed by atoms with Crippen molar-refractivity contribution in [3.63, 3.8) is 0 Å². The highest BCUT2D eigenvalue weighted by molar-refractivity contribution is 7.99. The third-order valence-corrected chi connectivity index (χ3v) is 7.34. The number of nitrogens with one attached hydrogen (secondary N) is 1. The van der Waals surface area contributed by atoms with Gasteiger partial charge >= 0.3 is 5.97 Å². The predicted molar refractivity (Wildman–Crippen MR) is 121 cm³/mol. The quantitative estimate of drug-likeness (QED) is 0.343. The van der Waals surface area contributed by atoms with E-state index in [1.807, 2.05) is 19.9 Å². The Morgan fingerprint density at radius 3 is 2.73 bits per heavy atom. The average Bonchev–Trinajstić information content (AvgIpc) is 3.45. The van der Waals surface area contributed by atoms with Gasteiger partial charge in [0.1, 0.15) is 10.8 Å². The summed E-state index contributed by atoms with van der Waals surface area (Å²) in [6, 6.07) is 0. The average molecular weight is 449 g/mol. The van der Waals surface area contributed by atoms with Gasteiger partial charge in [0.15, 0.2) is 5.16 Å². The molecule has 30 heavy (non-hydrogen) atoms. The second-order valence-corrected chi connectivity index (χ2v) is 9.41. The SMILES string of the molecule is C=CCn1c(SCC(=O)Nc2sc(C)c(CC)c2C(=O)OC)nnc1C1CCCC1. The van der Waals surface area contributed by atoms with Gasteiger partial charge in [-0.3, -0.25) is 4.79 Å². The molecule has 1 fully saturated rings. The summed E-state index contributed by atoms with van der Waals surface area (Å²) in [6.45, 7) is 8.40. The Balaban J connectivity index is 1.71. The topological polar surface area (TPSA) is 86.1 Å². The minimum atomic E-state index is -0.425. The Kier molecular flexibility index (Phi) is 7.71. The molecule has 1 aliphatic carbocycles. The van der Waals surface area contributed by atoms with Crippen LogP contribution in [-0.4, -0.2) is 39.5 Å². The van der Waals surface area contributed by atoms with E-state index in [-0.39, 0.29) is 11.7 Å². The highest BCUT2D eigenvalue weighted by Crippen LogP contribution is 2.36. The van der Waals surface area contributed by atoms with E-state index in [1.54, 1.807) is 0 Å². The molecule has 2 aromatic rings. The van der Waals surface area contributed by atoms with Crippen LogP contribution in [0.25, 0.3) is 0 Å². The lowest BCUT2D eigenvalue weighted by molar-refractivity contribution is -0.113. The van der Waals surface area contributed by atoms with Gasteiger partial charge in [0.25, 0.3) is 0 Å². The summed E-state index contributed by atoms with van der Waals surface area (Å²) in [6.07, 6.45) is 7.24. The van der Waals surface area contributed by atoms with Crippen molar-refractivity contribution in [3.05, 3.63) is 34.5 Å². The van der Waals surface area contributed by atoms with E-state index in [0.717, 1.165) is 34.3 Å². The van der Waals surface area contributed by atoms with Gasteiger partial charge < -0.3 is 14.6 Å². The van der Waals surface area contributed by atoms with Crippen LogP contribution in [0.5, 0.6) is 0 Å². The second kappa shape index (κ2) is 10.3. The van der Waals surface area contributed by atoms with E-state index in [4.69, 9.17) is 4.74 Å². The van der Waals surface area contributed by atoms with Crippen molar-refractivity contribution in [2.24, 2.45) is 0 Å². The molecule has 0 aromatic carbocycles. The van der Waals surface area contributed by atoms with Crippen LogP contribution in [-0.2, 0) is 22.5 Å². The number of methoxy groups -OCH3 is 1. The molecule has 0 bridgehead atoms. The normalized spacial score (nSPS) is 14.1. The zero-order valence-corrected chi connectivity index (χ0v) is 19.3. The molecule has 3 rings (SSSR count). The number of aromatic nitrogens is 3. The molecule has 2 aromatic heterocycles. The molecule has 162 valence electrons. The molecule has 1 saturated carbocycles. The number of anilines is 1. The van der Waals surface area contributed by atoms with Gasteiger partial charge in [-0.1, -0.05) is 37.6 Å². The third kappa shape index (κ3) is 4.78. The molecule has 1 aliphatic rings. The van der Waals surface area contributed by atoms with Crippen molar-refractivity contribution in [2.45, 2.75) is 63.6 Å². The maximum Gasteiger partial charge on any atom is 0.341 e. The Labute approximate surface area is 185 Å². The van der Waals surface area contributed by atoms with Crippen LogP contribution < -0.4 is 5.32 Å². The Hall–Kier alpha value is -2.13. The first-order chi connectivity index (χ1) is 14.5. The Morgan fingerprint density at radius 2 is 2.10 bits per heavy atom. The summed E-state index contributed by atoms with van der Waals surface area (Å²) in [5.74, 6) is 0.990. The molecule has 2 heterocycles. The van der Waals surface area contributed by atoms with Gasteiger partial charge in [-0.05, 0) is 31.7 Å². The summed E-state index contributed by atoms with van der Waals surface area (Å²) in [5.41, 5.74) is 1.38. The van der Waals surface area contributed by atoms with Crippen LogP contribution in [0, 0.1) is 6.92 Å². The largest absolute Gasteiger partial charge is 0.465 e. The summed E-state index contributed by atoms with van der Waals surface area (Å²) >= 11 is 2.75. The van der Waals surface area contributed by atoms with Gasteiger partial charge in [0, 0.05) is 17.3 Å². The summed E-state index contributed by atoms with van der Waals surface area (Å²) < 4.78 is 6.98. The molecule has 1 N–H and O–H groups in total. The van der Waals surface area contributed by atoms with Gasteiger partial charge in [-0.2, -0.15) is 0 Å². The number of thiophene rings is 1. The van der Waals surface area contributed by atoms with Crippen molar-refractivity contribution < 1.29 is 14.3 Å². The molecule has 0 spiro atoms. The monoisotopic (exact) mass is 448 g/mol. The van der Waals surface area contributed by atoms with E-state index in [9.17, 15) is 9.59 Å². The van der Waals surface area contributed by atoms with Crippen molar-refractivity contribution in [1.82, 2.24) is 14.8 Å². The maximum absolute atomic E-state index is 12.6. The molecular weight excluding hydrogens is 420 g/mol. The number of allylic oxidation sites excluding steroid dienone is 1. The molecule has 1 amide bonds. The minimum absolute atomic E-state index is 0.180. The van der Waals surface area contributed by atoms with Crippen molar-refractivity contribution in [1.29, 1.82) is 0 Å². The number of hydrogen-bond donors (Lipinski definition) is 1. The van der Waals surface area contributed by atoms with Crippen molar-refractivity contribution in [2.75, 3.05) is 18.2 Å². The number of nitrogens with zero attached hydrogens (tertiary/aromatic N) is 3. The smallest absolute Gasteiger partial charge is 0.341 e. The van der Waals surface area contributed by atoms with Crippen LogP contribution in [0.3, 0.4) is 0 Å². The maximum atomic E-state index is 12.6. The van der Waals surface area contributed by atoms with E-state index in [0.29, 0.717) is 29.4 Å². The first-order valence-electron chi connectivity index (χ1n) is 10.2. The van der Waals surface area contributed by atoms with Gasteiger partial charge in [-0.25, -0.2) is 4.79 Å². The Bertz CT molecular complexity index is 929. The number of carbonyl (C=O) groups is 2. The number of amides is 1. The fourth-order valence-corrected chi connectivity index (χ4v) is 5.80. The minimum Gasteiger partial charge on any atom is -0.465 e. The molecule has 0 unspecified atom stereocenters. The van der Waals surface area contributed by atoms with E-state index >= 15 is 0 Å². The number of ether oxygens (including phenoxy) is 1. The lowest BCUT2D eigenvalue weighted by Gasteiger charge is -2.12. The van der Waals surface area contributed by atoms with E-state index in [1.165, 1.54) is 43.1 Å². The summed E-state index contributed by atoms with van der Waals surface area (Å²) in [5, 5.41) is 12.9. The lowest BCUT2D eigenvalue weighted by Crippen LogP contribution is -2.17. The summed E-state index contributed by atoms with van der Waals surface area (Å²) in [4.78, 5) is 25.9. The standard InChI is InChI=1S/C21H28N4O3S2/c1-5-11-25-18(14-9-7-8-10-14)23-24-21(25)29-12-16(26)22-19-17(20(27)28-4)15(6-2)13(3)30-19/h5,14H,1,6-12H2,2-4H3,(H,22,26). The van der Waals surface area contributed by atoms with Gasteiger partial charge in [0.05, 0.1) is 18.4 Å². The van der Waals surface area contributed by atoms with Crippen LogP contribution in [0.2, 0.25) is 0 Å². The van der Waals surface area contributed by atoms with Crippen molar-refractivity contribution in [3.8, 4) is 0 Å². The fourth-order valence-electron chi connectivity index (χ4n) is 3.90. The molecule has 0 atom stereocenters. The number of aryl methyl sites for hydroxylation is 1. The zero-order valence-electron chi connectivity index (χ0n) is 17.7. The fraction of sp³-hybridized carbons (Fsp3) is 0.524. The van der Waals surface area contributed by atoms with Crippen LogP contribution in [0.1, 0.15) is 65.1 Å². The van der Waals surface area contributed by atoms with Crippen LogP contribution >= 0.6 is 23.1 Å². The molecule has 0 saturated heterocycles. The molecule has 0 aliphatic heterocycles. The van der Waals surface area contributed by atoms with Crippen molar-refractivity contribution >= 4 is 40.0 Å². The highest BCUT2D eigenvalue weighted by Gasteiger charge is 2.25. The van der Waals surface area contributed by atoms with Gasteiger partial charge in [-0.15, -0.1) is 28.1 Å². The molecule has 7 nitrogen and oxygen atoms in total. The predicted octanol–water partition coefficient (Wildman–Crippen LogP) is 4.57. The second-order valence-electron chi connectivity index (χ2n) is 7.24. The number of esters is 1.